The van der Waals surface area contributed by atoms with Gasteiger partial charge in [0, 0.05) is 16.9 Å². The molecule has 1 amide bonds. The van der Waals surface area contributed by atoms with Gasteiger partial charge in [0.05, 0.1) is 15.6 Å². The molecule has 0 heterocycles. The minimum Gasteiger partial charge on any atom is -0.393 e. The first-order chi connectivity index (χ1) is 7.90. The predicted octanol–water partition coefficient (Wildman–Crippen LogP) is 2.90. The topological polar surface area (TPSA) is 55.1 Å². The van der Waals surface area contributed by atoms with Gasteiger partial charge in [0.25, 0.3) is 5.91 Å². The summed E-state index contributed by atoms with van der Waals surface area (Å²) in [6.45, 7) is 1.84. The molecule has 17 heavy (non-hydrogen) atoms. The fraction of sp³-hybridized carbons (Fsp3) is 0.273. The second-order valence-corrected chi connectivity index (χ2v) is 5.52. The summed E-state index contributed by atoms with van der Waals surface area (Å²) in [7, 11) is 0. The van der Waals surface area contributed by atoms with Gasteiger partial charge in [-0.1, -0.05) is 39.7 Å². The third-order valence-electron chi connectivity index (χ3n) is 2.06. The van der Waals surface area contributed by atoms with E-state index < -0.39 is 0 Å². The van der Waals surface area contributed by atoms with E-state index in [0.29, 0.717) is 22.0 Å². The Morgan fingerprint density at radius 3 is 2.82 bits per heavy atom. The maximum Gasteiger partial charge on any atom is 0.253 e. The van der Waals surface area contributed by atoms with Gasteiger partial charge in [-0.3, -0.25) is 4.79 Å². The highest BCUT2D eigenvalue weighted by Crippen LogP contribution is 2.21. The normalized spacial score (nSPS) is 11.9. The lowest BCUT2D eigenvalue weighted by atomic mass is 10.2. The van der Waals surface area contributed by atoms with Crippen molar-refractivity contribution in [1.29, 1.82) is 0 Å². The minimum absolute atomic E-state index is 0.111. The van der Waals surface area contributed by atoms with E-state index in [-0.39, 0.29) is 11.9 Å². The number of halogens is 2. The third-order valence-corrected chi connectivity index (χ3v) is 3.03. The summed E-state index contributed by atoms with van der Waals surface area (Å²) in [5.41, 5.74) is 5.84. The molecule has 1 aromatic carbocycles. The number of benzene rings is 1. The summed E-state index contributed by atoms with van der Waals surface area (Å²) >= 11 is 14.0. The minimum atomic E-state index is -0.230. The Labute approximate surface area is 119 Å². The van der Waals surface area contributed by atoms with Gasteiger partial charge in [0.15, 0.2) is 0 Å². The number of thiocarbonyl (C=S) groups is 1. The number of carbonyl (C=O) groups is 1. The monoisotopic (exact) mass is 334 g/mol. The summed E-state index contributed by atoms with van der Waals surface area (Å²) in [5.74, 6) is -0.230. The summed E-state index contributed by atoms with van der Waals surface area (Å²) in [4.78, 5) is 12.2. The third kappa shape index (κ3) is 4.61. The van der Waals surface area contributed by atoms with Crippen molar-refractivity contribution in [2.45, 2.75) is 19.4 Å². The summed E-state index contributed by atoms with van der Waals surface area (Å²) in [6, 6.07) is 4.99. The average Bonchev–Trinajstić information content (AvgIpc) is 2.15. The molecule has 0 saturated heterocycles. The van der Waals surface area contributed by atoms with Crippen molar-refractivity contribution in [2.75, 3.05) is 0 Å². The lowest BCUT2D eigenvalue weighted by Crippen LogP contribution is -2.35. The van der Waals surface area contributed by atoms with E-state index in [0.717, 1.165) is 4.47 Å². The van der Waals surface area contributed by atoms with Crippen molar-refractivity contribution in [1.82, 2.24) is 5.32 Å². The molecule has 0 radical (unpaired) electrons. The number of amides is 1. The zero-order valence-electron chi connectivity index (χ0n) is 9.17. The SMILES string of the molecule is CC(CC(N)=S)NC(=O)c1ccc(Br)cc1Cl. The smallest absolute Gasteiger partial charge is 0.253 e. The number of nitrogens with two attached hydrogens (primary N) is 1. The average molecular weight is 336 g/mol. The zero-order chi connectivity index (χ0) is 13.0. The molecule has 1 atom stereocenters. The molecular formula is C11H12BrClN2OS. The van der Waals surface area contributed by atoms with E-state index in [4.69, 9.17) is 29.6 Å². The van der Waals surface area contributed by atoms with Crippen molar-refractivity contribution in [3.8, 4) is 0 Å². The Bertz CT molecular complexity index is 453. The van der Waals surface area contributed by atoms with Gasteiger partial charge < -0.3 is 11.1 Å². The van der Waals surface area contributed by atoms with Crippen LogP contribution in [0.25, 0.3) is 0 Å². The van der Waals surface area contributed by atoms with Crippen LogP contribution < -0.4 is 11.1 Å². The van der Waals surface area contributed by atoms with Gasteiger partial charge in [-0.05, 0) is 25.1 Å². The van der Waals surface area contributed by atoms with Gasteiger partial charge in [-0.2, -0.15) is 0 Å². The van der Waals surface area contributed by atoms with Crippen LogP contribution in [0.15, 0.2) is 22.7 Å². The predicted molar refractivity (Wildman–Crippen MR) is 77.5 cm³/mol. The molecule has 0 bridgehead atoms. The van der Waals surface area contributed by atoms with Crippen LogP contribution in [-0.4, -0.2) is 16.9 Å². The standard InChI is InChI=1S/C11H12BrClN2OS/c1-6(4-10(14)17)15-11(16)8-3-2-7(12)5-9(8)13/h2-3,5-6H,4H2,1H3,(H2,14,17)(H,15,16). The Morgan fingerprint density at radius 2 is 2.29 bits per heavy atom. The molecule has 1 rings (SSSR count). The molecule has 0 spiro atoms. The lowest BCUT2D eigenvalue weighted by molar-refractivity contribution is 0.0941. The van der Waals surface area contributed by atoms with Crippen molar-refractivity contribution >= 4 is 50.6 Å². The molecule has 0 aromatic heterocycles. The molecule has 0 saturated carbocycles. The molecule has 0 aliphatic carbocycles. The first kappa shape index (κ1) is 14.4. The number of hydrogen-bond acceptors (Lipinski definition) is 2. The Balaban J connectivity index is 2.73. The largest absolute Gasteiger partial charge is 0.393 e. The van der Waals surface area contributed by atoms with E-state index in [1.165, 1.54) is 0 Å². The van der Waals surface area contributed by atoms with Crippen LogP contribution in [0.4, 0.5) is 0 Å². The van der Waals surface area contributed by atoms with E-state index >= 15 is 0 Å². The molecule has 3 nitrogen and oxygen atoms in total. The van der Waals surface area contributed by atoms with Gasteiger partial charge in [0.2, 0.25) is 0 Å². The van der Waals surface area contributed by atoms with Gasteiger partial charge in [-0.25, -0.2) is 0 Å². The van der Waals surface area contributed by atoms with Crippen LogP contribution >= 0.6 is 39.7 Å². The molecule has 0 fully saturated rings. The first-order valence-electron chi connectivity index (χ1n) is 4.94. The molecule has 6 heteroatoms. The van der Waals surface area contributed by atoms with Crippen LogP contribution in [0.3, 0.4) is 0 Å². The molecule has 1 unspecified atom stereocenters. The Morgan fingerprint density at radius 1 is 1.65 bits per heavy atom. The molecule has 3 N–H and O–H groups in total. The Hall–Kier alpha value is -0.650. The Kier molecular flexibility index (Phi) is 5.36. The highest BCUT2D eigenvalue weighted by molar-refractivity contribution is 9.10. The number of rotatable bonds is 4. The molecule has 0 aliphatic heterocycles. The number of hydrogen-bond donors (Lipinski definition) is 2. The first-order valence-corrected chi connectivity index (χ1v) is 6.52. The quantitative estimate of drug-likeness (QED) is 0.832. The van der Waals surface area contributed by atoms with Gasteiger partial charge in [0.1, 0.15) is 0 Å². The fourth-order valence-corrected chi connectivity index (χ4v) is 2.34. The van der Waals surface area contributed by atoms with E-state index in [1.54, 1.807) is 18.2 Å². The van der Waals surface area contributed by atoms with Crippen LogP contribution in [0, 0.1) is 0 Å². The number of carbonyl (C=O) groups excluding carboxylic acids is 1. The van der Waals surface area contributed by atoms with E-state index in [2.05, 4.69) is 21.2 Å². The maximum atomic E-state index is 11.9. The molecule has 92 valence electrons. The second-order valence-electron chi connectivity index (χ2n) is 3.67. The molecular weight excluding hydrogens is 324 g/mol. The van der Waals surface area contributed by atoms with Gasteiger partial charge >= 0.3 is 0 Å². The van der Waals surface area contributed by atoms with Crippen LogP contribution in [0.2, 0.25) is 5.02 Å². The summed E-state index contributed by atoms with van der Waals surface area (Å²) < 4.78 is 0.829. The van der Waals surface area contributed by atoms with Crippen molar-refractivity contribution < 1.29 is 4.79 Å². The van der Waals surface area contributed by atoms with Crippen molar-refractivity contribution in [3.63, 3.8) is 0 Å². The zero-order valence-corrected chi connectivity index (χ0v) is 12.3. The van der Waals surface area contributed by atoms with Crippen LogP contribution in [0.1, 0.15) is 23.7 Å². The van der Waals surface area contributed by atoms with Crippen LogP contribution in [-0.2, 0) is 0 Å². The second kappa shape index (κ2) is 6.33. The highest BCUT2D eigenvalue weighted by atomic mass is 79.9. The molecule has 0 aliphatic rings. The van der Waals surface area contributed by atoms with Crippen LogP contribution in [0.5, 0.6) is 0 Å². The van der Waals surface area contributed by atoms with Crippen molar-refractivity contribution in [3.05, 3.63) is 33.3 Å². The molecule has 1 aromatic rings. The van der Waals surface area contributed by atoms with E-state index in [9.17, 15) is 4.79 Å². The lowest BCUT2D eigenvalue weighted by Gasteiger charge is -2.13. The van der Waals surface area contributed by atoms with Crippen molar-refractivity contribution in [2.24, 2.45) is 5.73 Å². The fourth-order valence-electron chi connectivity index (χ4n) is 1.33. The van der Waals surface area contributed by atoms with E-state index in [1.807, 2.05) is 6.92 Å². The number of nitrogens with one attached hydrogen (secondary N) is 1. The summed E-state index contributed by atoms with van der Waals surface area (Å²) in [6.07, 6.45) is 0.467. The highest BCUT2D eigenvalue weighted by Gasteiger charge is 2.13. The maximum absolute atomic E-state index is 11.9. The van der Waals surface area contributed by atoms with Gasteiger partial charge in [-0.15, -0.1) is 0 Å². The summed E-state index contributed by atoms with van der Waals surface area (Å²) in [5, 5.41) is 3.18.